The van der Waals surface area contributed by atoms with E-state index in [1.54, 1.807) is 41.4 Å². The van der Waals surface area contributed by atoms with E-state index in [-0.39, 0.29) is 17.3 Å². The molecule has 0 N–H and O–H groups in total. The number of nitrogens with zero attached hydrogens (tertiary/aromatic N) is 5. The summed E-state index contributed by atoms with van der Waals surface area (Å²) in [6, 6.07) is 12.1. The van der Waals surface area contributed by atoms with Gasteiger partial charge in [-0.3, -0.25) is 18.9 Å². The van der Waals surface area contributed by atoms with Crippen LogP contribution in [0.3, 0.4) is 0 Å². The number of fused-ring (bicyclic) bond motifs is 1. The third kappa shape index (κ3) is 4.43. The Morgan fingerprint density at radius 1 is 1.06 bits per heavy atom. The zero-order valence-electron chi connectivity index (χ0n) is 19.2. The summed E-state index contributed by atoms with van der Waals surface area (Å²) in [4.78, 5) is 37.3. The lowest BCUT2D eigenvalue weighted by Crippen LogP contribution is -2.47. The molecule has 2 fully saturated rings. The van der Waals surface area contributed by atoms with Crippen LogP contribution in [0.2, 0.25) is 0 Å². The van der Waals surface area contributed by atoms with E-state index in [0.29, 0.717) is 64.7 Å². The quantitative estimate of drug-likeness (QED) is 0.383. The number of thiocarbonyl (C=S) groups is 1. The first kappa shape index (κ1) is 23.5. The van der Waals surface area contributed by atoms with Gasteiger partial charge < -0.3 is 9.80 Å². The lowest BCUT2D eigenvalue weighted by Gasteiger charge is -2.37. The minimum absolute atomic E-state index is 0.185. The Morgan fingerprint density at radius 3 is 2.51 bits per heavy atom. The first-order chi connectivity index (χ1) is 17.0. The molecule has 0 radical (unpaired) electrons. The van der Waals surface area contributed by atoms with Crippen molar-refractivity contribution in [2.45, 2.75) is 13.3 Å². The normalized spacial score (nSPS) is 17.8. The average Bonchev–Trinajstić information content (AvgIpc) is 3.14. The molecule has 5 rings (SSSR count). The van der Waals surface area contributed by atoms with E-state index < -0.39 is 0 Å². The topological polar surface area (TPSA) is 61.2 Å². The second-order valence-electron chi connectivity index (χ2n) is 8.34. The standard InChI is InChI=1S/C25H24FN5O2S2/c1-2-10-31-24(33)20(35-25(31)34)16-17-22(27-21-9-5-6-11-30(21)23(17)32)29-14-12-28(13-15-29)19-8-4-3-7-18(19)26/h3-9,11,16H,2,10,12-15H2,1H3/b20-16-. The van der Waals surface area contributed by atoms with Gasteiger partial charge in [-0.15, -0.1) is 0 Å². The highest BCUT2D eigenvalue weighted by molar-refractivity contribution is 8.26. The van der Waals surface area contributed by atoms with Gasteiger partial charge in [0.15, 0.2) is 0 Å². The monoisotopic (exact) mass is 509 g/mol. The van der Waals surface area contributed by atoms with Gasteiger partial charge in [-0.1, -0.05) is 49.1 Å². The molecule has 7 nitrogen and oxygen atoms in total. The van der Waals surface area contributed by atoms with Crippen molar-refractivity contribution in [2.24, 2.45) is 0 Å². The van der Waals surface area contributed by atoms with Crippen LogP contribution in [-0.4, -0.2) is 57.2 Å². The highest BCUT2D eigenvalue weighted by atomic mass is 32.2. The molecule has 0 aliphatic carbocycles. The summed E-state index contributed by atoms with van der Waals surface area (Å²) in [6.45, 7) is 4.80. The first-order valence-corrected chi connectivity index (χ1v) is 12.7. The maximum Gasteiger partial charge on any atom is 0.267 e. The molecule has 0 unspecified atom stereocenters. The van der Waals surface area contributed by atoms with Crippen LogP contribution < -0.4 is 15.4 Å². The molecule has 3 aromatic rings. The van der Waals surface area contributed by atoms with Crippen LogP contribution in [0.4, 0.5) is 15.9 Å². The van der Waals surface area contributed by atoms with E-state index >= 15 is 0 Å². The number of anilines is 2. The van der Waals surface area contributed by atoms with Gasteiger partial charge in [0, 0.05) is 38.9 Å². The predicted molar refractivity (Wildman–Crippen MR) is 142 cm³/mol. The van der Waals surface area contributed by atoms with Crippen molar-refractivity contribution in [3.05, 3.63) is 75.3 Å². The number of halogens is 1. The van der Waals surface area contributed by atoms with Gasteiger partial charge in [-0.05, 0) is 36.8 Å². The number of amides is 1. The molecular weight excluding hydrogens is 485 g/mol. The summed E-state index contributed by atoms with van der Waals surface area (Å²) < 4.78 is 16.3. The maximum absolute atomic E-state index is 14.3. The van der Waals surface area contributed by atoms with Crippen LogP contribution in [0, 0.1) is 5.82 Å². The second kappa shape index (κ2) is 9.79. The lowest BCUT2D eigenvalue weighted by molar-refractivity contribution is -0.122. The molecule has 2 aliphatic heterocycles. The summed E-state index contributed by atoms with van der Waals surface area (Å²) in [5.74, 6) is 0.0858. The second-order valence-corrected chi connectivity index (χ2v) is 10.0. The van der Waals surface area contributed by atoms with Crippen molar-refractivity contribution >= 4 is 57.4 Å². The number of thioether (sulfide) groups is 1. The van der Waals surface area contributed by atoms with Crippen molar-refractivity contribution in [1.29, 1.82) is 0 Å². The molecule has 1 amide bonds. The summed E-state index contributed by atoms with van der Waals surface area (Å²) in [5.41, 5.74) is 1.20. The van der Waals surface area contributed by atoms with Crippen molar-refractivity contribution in [1.82, 2.24) is 14.3 Å². The fraction of sp³-hybridized carbons (Fsp3) is 0.280. The number of hydrogen-bond acceptors (Lipinski definition) is 7. The zero-order valence-corrected chi connectivity index (χ0v) is 20.8. The molecular formula is C25H24FN5O2S2. The molecule has 2 aliphatic rings. The number of pyridine rings is 1. The van der Waals surface area contributed by atoms with Gasteiger partial charge in [0.25, 0.3) is 11.5 Å². The van der Waals surface area contributed by atoms with Gasteiger partial charge in [0.2, 0.25) is 0 Å². The van der Waals surface area contributed by atoms with Crippen LogP contribution >= 0.6 is 24.0 Å². The molecule has 2 saturated heterocycles. The third-order valence-corrected chi connectivity index (χ3v) is 7.50. The number of carbonyl (C=O) groups is 1. The van der Waals surface area contributed by atoms with Crippen molar-refractivity contribution < 1.29 is 9.18 Å². The average molecular weight is 510 g/mol. The SMILES string of the molecule is CCCN1C(=O)/C(=C/c2c(N3CCN(c4ccccc4F)CC3)nc3ccccn3c2=O)SC1=S. The molecule has 180 valence electrons. The van der Waals surface area contributed by atoms with E-state index in [0.717, 1.165) is 6.42 Å². The number of hydrogen-bond donors (Lipinski definition) is 0. The summed E-state index contributed by atoms with van der Waals surface area (Å²) >= 11 is 6.61. The lowest BCUT2D eigenvalue weighted by atomic mass is 10.2. The number of rotatable bonds is 5. The minimum Gasteiger partial charge on any atom is -0.366 e. The van der Waals surface area contributed by atoms with Gasteiger partial charge in [-0.25, -0.2) is 9.37 Å². The van der Waals surface area contributed by atoms with E-state index in [1.807, 2.05) is 28.9 Å². The molecule has 1 aromatic carbocycles. The molecule has 2 aromatic heterocycles. The van der Waals surface area contributed by atoms with Crippen molar-refractivity contribution in [3.8, 4) is 0 Å². The largest absolute Gasteiger partial charge is 0.366 e. The number of carbonyl (C=O) groups excluding carboxylic acids is 1. The van der Waals surface area contributed by atoms with E-state index in [9.17, 15) is 14.0 Å². The molecule has 0 saturated carbocycles. The fourth-order valence-electron chi connectivity index (χ4n) is 4.37. The van der Waals surface area contributed by atoms with Crippen LogP contribution in [0.15, 0.2) is 58.4 Å². The summed E-state index contributed by atoms with van der Waals surface area (Å²) in [7, 11) is 0. The van der Waals surface area contributed by atoms with E-state index in [2.05, 4.69) is 0 Å². The Bertz CT molecular complexity index is 1400. The Labute approximate surface area is 211 Å². The Morgan fingerprint density at radius 2 is 1.77 bits per heavy atom. The Balaban J connectivity index is 1.52. The maximum atomic E-state index is 14.3. The third-order valence-electron chi connectivity index (χ3n) is 6.12. The van der Waals surface area contributed by atoms with Crippen molar-refractivity contribution in [2.75, 3.05) is 42.5 Å². The first-order valence-electron chi connectivity index (χ1n) is 11.5. The van der Waals surface area contributed by atoms with Crippen LogP contribution in [0.5, 0.6) is 0 Å². The molecule has 4 heterocycles. The smallest absolute Gasteiger partial charge is 0.267 e. The van der Waals surface area contributed by atoms with Crippen LogP contribution in [0.1, 0.15) is 18.9 Å². The molecule has 0 bridgehead atoms. The zero-order chi connectivity index (χ0) is 24.5. The van der Waals surface area contributed by atoms with E-state index in [4.69, 9.17) is 17.2 Å². The van der Waals surface area contributed by atoms with Gasteiger partial charge in [0.05, 0.1) is 16.2 Å². The van der Waals surface area contributed by atoms with Gasteiger partial charge in [-0.2, -0.15) is 0 Å². The highest BCUT2D eigenvalue weighted by Gasteiger charge is 2.32. The fourth-order valence-corrected chi connectivity index (χ4v) is 5.66. The van der Waals surface area contributed by atoms with Gasteiger partial charge >= 0.3 is 0 Å². The molecule has 10 heteroatoms. The predicted octanol–water partition coefficient (Wildman–Crippen LogP) is 3.77. The Kier molecular flexibility index (Phi) is 6.57. The molecule has 35 heavy (non-hydrogen) atoms. The number of benzene rings is 1. The number of piperazine rings is 1. The number of para-hydroxylation sites is 1. The van der Waals surface area contributed by atoms with Crippen molar-refractivity contribution in [3.63, 3.8) is 0 Å². The highest BCUT2D eigenvalue weighted by Crippen LogP contribution is 2.34. The van der Waals surface area contributed by atoms with Crippen LogP contribution in [-0.2, 0) is 4.79 Å². The molecule has 0 spiro atoms. The van der Waals surface area contributed by atoms with E-state index in [1.165, 1.54) is 22.2 Å². The van der Waals surface area contributed by atoms with Crippen LogP contribution in [0.25, 0.3) is 11.7 Å². The number of aromatic nitrogens is 2. The van der Waals surface area contributed by atoms with Gasteiger partial charge in [0.1, 0.15) is 21.6 Å². The minimum atomic E-state index is -0.252. The summed E-state index contributed by atoms with van der Waals surface area (Å²) in [5, 5.41) is 0. The molecule has 0 atom stereocenters. The Hall–Kier alpha value is -3.24. The summed E-state index contributed by atoms with van der Waals surface area (Å²) in [6.07, 6.45) is 4.09.